The third kappa shape index (κ3) is 3.97. The summed E-state index contributed by atoms with van der Waals surface area (Å²) in [6, 6.07) is 16.5. The molecule has 7 heteroatoms. The molecule has 0 bridgehead atoms. The zero-order valence-electron chi connectivity index (χ0n) is 17.2. The highest BCUT2D eigenvalue weighted by Crippen LogP contribution is 2.25. The number of nitrogens with one attached hydrogen (secondary N) is 1. The molecular formula is C24H23N7. The molecule has 1 aliphatic carbocycles. The second-order valence-corrected chi connectivity index (χ2v) is 7.85. The summed E-state index contributed by atoms with van der Waals surface area (Å²) in [7, 11) is 0. The van der Waals surface area contributed by atoms with Crippen LogP contribution in [-0.2, 0) is 6.42 Å². The van der Waals surface area contributed by atoms with E-state index in [-0.39, 0.29) is 6.42 Å². The maximum Gasteiger partial charge on any atom is 0.224 e. The Kier molecular flexibility index (Phi) is 5.28. The van der Waals surface area contributed by atoms with Gasteiger partial charge in [0.2, 0.25) is 5.95 Å². The molecule has 0 radical (unpaired) electrons. The van der Waals surface area contributed by atoms with E-state index in [9.17, 15) is 5.26 Å². The Morgan fingerprint density at radius 2 is 1.87 bits per heavy atom. The van der Waals surface area contributed by atoms with Gasteiger partial charge in [-0.2, -0.15) is 10.2 Å². The third-order valence-corrected chi connectivity index (χ3v) is 5.73. The van der Waals surface area contributed by atoms with Gasteiger partial charge in [0.1, 0.15) is 11.5 Å². The van der Waals surface area contributed by atoms with Crippen LogP contribution in [0, 0.1) is 11.3 Å². The van der Waals surface area contributed by atoms with Gasteiger partial charge in [-0.05, 0) is 31.0 Å². The molecule has 1 N–H and O–H groups in total. The molecule has 0 spiro atoms. The Hall–Kier alpha value is -3.79. The number of nitriles is 1. The fourth-order valence-corrected chi connectivity index (χ4v) is 4.19. The second kappa shape index (κ2) is 8.52. The van der Waals surface area contributed by atoms with Gasteiger partial charge in [-0.25, -0.2) is 15.0 Å². The first kappa shape index (κ1) is 19.2. The van der Waals surface area contributed by atoms with Gasteiger partial charge >= 0.3 is 0 Å². The summed E-state index contributed by atoms with van der Waals surface area (Å²) in [5, 5.41) is 13.9. The van der Waals surface area contributed by atoms with E-state index in [2.05, 4.69) is 21.4 Å². The molecule has 3 aromatic heterocycles. The zero-order chi connectivity index (χ0) is 21.0. The summed E-state index contributed by atoms with van der Waals surface area (Å²) in [4.78, 5) is 18.6. The van der Waals surface area contributed by atoms with Crippen molar-refractivity contribution in [3.8, 4) is 23.4 Å². The number of rotatable bonds is 5. The Morgan fingerprint density at radius 3 is 2.74 bits per heavy atom. The fraction of sp³-hybridized carbons (Fsp3) is 0.292. The molecule has 1 fully saturated rings. The average molecular weight is 409 g/mol. The number of para-hydroxylation sites is 1. The number of benzene rings is 1. The second-order valence-electron chi connectivity index (χ2n) is 7.85. The summed E-state index contributed by atoms with van der Waals surface area (Å²) in [6.45, 7) is 0. The zero-order valence-corrected chi connectivity index (χ0v) is 17.2. The van der Waals surface area contributed by atoms with Crippen LogP contribution in [0.2, 0.25) is 0 Å². The summed E-state index contributed by atoms with van der Waals surface area (Å²) in [5.74, 6) is 1.96. The number of nitrogens with zero attached hydrogens (tertiary/aromatic N) is 6. The standard InChI is InChI=1S/C24H23N7/c25-14-12-19-16-27-23(21-11-10-17-6-4-5-9-20(17)29-21)31(19)22-13-15-26-24(30-22)28-18-7-2-1-3-8-18/h4-6,9-11,13,15-16,18H,1-3,7-8,12H2,(H,26,28,30). The maximum atomic E-state index is 9.33. The molecule has 4 aromatic rings. The normalized spacial score (nSPS) is 14.4. The van der Waals surface area contributed by atoms with Crippen molar-refractivity contribution in [2.24, 2.45) is 0 Å². The van der Waals surface area contributed by atoms with Crippen LogP contribution >= 0.6 is 0 Å². The van der Waals surface area contributed by atoms with Crippen molar-refractivity contribution in [1.82, 2.24) is 24.5 Å². The minimum absolute atomic E-state index is 0.232. The maximum absolute atomic E-state index is 9.33. The van der Waals surface area contributed by atoms with Crippen LogP contribution in [0.25, 0.3) is 28.2 Å². The average Bonchev–Trinajstić information content (AvgIpc) is 3.23. The highest BCUT2D eigenvalue weighted by molar-refractivity contribution is 5.80. The first-order valence-corrected chi connectivity index (χ1v) is 10.7. The lowest BCUT2D eigenvalue weighted by Crippen LogP contribution is -2.23. The van der Waals surface area contributed by atoms with Gasteiger partial charge in [-0.1, -0.05) is 43.5 Å². The van der Waals surface area contributed by atoms with E-state index >= 15 is 0 Å². The van der Waals surface area contributed by atoms with Crippen molar-refractivity contribution in [3.63, 3.8) is 0 Å². The highest BCUT2D eigenvalue weighted by Gasteiger charge is 2.18. The van der Waals surface area contributed by atoms with Crippen LogP contribution in [0.3, 0.4) is 0 Å². The van der Waals surface area contributed by atoms with Crippen LogP contribution in [0.4, 0.5) is 5.95 Å². The molecule has 1 aromatic carbocycles. The predicted octanol–water partition coefficient (Wildman–Crippen LogP) is 4.69. The molecule has 0 aliphatic heterocycles. The predicted molar refractivity (Wildman–Crippen MR) is 120 cm³/mol. The van der Waals surface area contributed by atoms with E-state index in [0.29, 0.717) is 23.6 Å². The molecule has 1 aliphatic rings. The molecule has 0 atom stereocenters. The lowest BCUT2D eigenvalue weighted by molar-refractivity contribution is 0.461. The number of anilines is 1. The Balaban J connectivity index is 1.55. The van der Waals surface area contributed by atoms with E-state index < -0.39 is 0 Å². The van der Waals surface area contributed by atoms with Crippen LogP contribution in [0.5, 0.6) is 0 Å². The van der Waals surface area contributed by atoms with E-state index in [1.54, 1.807) is 12.4 Å². The Bertz CT molecular complexity index is 1250. The third-order valence-electron chi connectivity index (χ3n) is 5.73. The van der Waals surface area contributed by atoms with Crippen molar-refractivity contribution < 1.29 is 0 Å². The van der Waals surface area contributed by atoms with Crippen molar-refractivity contribution in [2.75, 3.05) is 5.32 Å². The van der Waals surface area contributed by atoms with Crippen LogP contribution < -0.4 is 5.32 Å². The summed E-state index contributed by atoms with van der Waals surface area (Å²) >= 11 is 0. The number of hydrogen-bond donors (Lipinski definition) is 1. The molecule has 0 amide bonds. The van der Waals surface area contributed by atoms with E-state index in [1.807, 2.05) is 47.0 Å². The molecule has 5 rings (SSSR count). The molecule has 1 saturated carbocycles. The van der Waals surface area contributed by atoms with Gasteiger partial charge < -0.3 is 5.32 Å². The lowest BCUT2D eigenvalue weighted by Gasteiger charge is -2.22. The highest BCUT2D eigenvalue weighted by atomic mass is 15.2. The molecular weight excluding hydrogens is 386 g/mol. The summed E-state index contributed by atoms with van der Waals surface area (Å²) < 4.78 is 1.91. The minimum atomic E-state index is 0.232. The van der Waals surface area contributed by atoms with Crippen LogP contribution in [0.1, 0.15) is 37.8 Å². The summed E-state index contributed by atoms with van der Waals surface area (Å²) in [5.41, 5.74) is 2.41. The van der Waals surface area contributed by atoms with Crippen molar-refractivity contribution in [2.45, 2.75) is 44.6 Å². The number of hydrogen-bond acceptors (Lipinski definition) is 6. The molecule has 7 nitrogen and oxygen atoms in total. The van der Waals surface area contributed by atoms with Gasteiger partial charge in [0.05, 0.1) is 29.9 Å². The minimum Gasteiger partial charge on any atom is -0.351 e. The monoisotopic (exact) mass is 409 g/mol. The Morgan fingerprint density at radius 1 is 1.00 bits per heavy atom. The van der Waals surface area contributed by atoms with Crippen LogP contribution in [0.15, 0.2) is 54.9 Å². The summed E-state index contributed by atoms with van der Waals surface area (Å²) in [6.07, 6.45) is 9.78. The van der Waals surface area contributed by atoms with Crippen molar-refractivity contribution in [3.05, 3.63) is 60.6 Å². The van der Waals surface area contributed by atoms with Gasteiger partial charge in [-0.15, -0.1) is 0 Å². The largest absolute Gasteiger partial charge is 0.351 e. The van der Waals surface area contributed by atoms with Crippen molar-refractivity contribution >= 4 is 16.9 Å². The lowest BCUT2D eigenvalue weighted by atomic mass is 9.96. The van der Waals surface area contributed by atoms with Gasteiger partial charge in [0.25, 0.3) is 0 Å². The molecule has 0 saturated heterocycles. The first-order valence-electron chi connectivity index (χ1n) is 10.7. The fourth-order valence-electron chi connectivity index (χ4n) is 4.19. The van der Waals surface area contributed by atoms with E-state index in [4.69, 9.17) is 9.97 Å². The number of aromatic nitrogens is 5. The first-order chi connectivity index (χ1) is 15.3. The molecule has 154 valence electrons. The molecule has 3 heterocycles. The number of fused-ring (bicyclic) bond motifs is 1. The van der Waals surface area contributed by atoms with Crippen molar-refractivity contribution in [1.29, 1.82) is 5.26 Å². The van der Waals surface area contributed by atoms with E-state index in [0.717, 1.165) is 35.1 Å². The van der Waals surface area contributed by atoms with Crippen LogP contribution in [-0.4, -0.2) is 30.5 Å². The van der Waals surface area contributed by atoms with Gasteiger partial charge in [0.15, 0.2) is 5.82 Å². The quantitative estimate of drug-likeness (QED) is 0.514. The molecule has 0 unspecified atom stereocenters. The topological polar surface area (TPSA) is 92.3 Å². The Labute approximate surface area is 180 Å². The van der Waals surface area contributed by atoms with Gasteiger partial charge in [0, 0.05) is 17.6 Å². The van der Waals surface area contributed by atoms with Gasteiger partial charge in [-0.3, -0.25) is 4.57 Å². The van der Waals surface area contributed by atoms with E-state index in [1.165, 1.54) is 19.3 Å². The SMILES string of the molecule is N#CCc1cnc(-c2ccc3ccccc3n2)n1-c1ccnc(NC2CCCCC2)n1. The smallest absolute Gasteiger partial charge is 0.224 e. The number of pyridine rings is 1. The number of imidazole rings is 1. The molecule has 31 heavy (non-hydrogen) atoms.